The van der Waals surface area contributed by atoms with Crippen molar-refractivity contribution < 1.29 is 14.6 Å². The SMILES string of the molecule is C=CCn1nnc(C(=O)O)c1COc1ccc(Cl)cc1. The number of rotatable bonds is 6. The summed E-state index contributed by atoms with van der Waals surface area (Å²) in [6.07, 6.45) is 1.60. The highest BCUT2D eigenvalue weighted by Gasteiger charge is 2.18. The molecule has 0 fully saturated rings. The molecule has 2 rings (SSSR count). The van der Waals surface area contributed by atoms with Crippen molar-refractivity contribution in [3.05, 3.63) is 53.3 Å². The first kappa shape index (κ1) is 14.1. The molecule has 0 aliphatic rings. The lowest BCUT2D eigenvalue weighted by atomic mass is 10.3. The first-order chi connectivity index (χ1) is 9.61. The van der Waals surface area contributed by atoms with E-state index in [1.807, 2.05) is 0 Å². The van der Waals surface area contributed by atoms with E-state index in [2.05, 4.69) is 16.9 Å². The van der Waals surface area contributed by atoms with Crippen molar-refractivity contribution in [2.24, 2.45) is 0 Å². The third kappa shape index (κ3) is 3.16. The van der Waals surface area contributed by atoms with E-state index < -0.39 is 5.97 Å². The average molecular weight is 294 g/mol. The molecule has 0 unspecified atom stereocenters. The van der Waals surface area contributed by atoms with E-state index in [4.69, 9.17) is 21.4 Å². The minimum absolute atomic E-state index is 0.0457. The third-order valence-corrected chi connectivity index (χ3v) is 2.78. The summed E-state index contributed by atoms with van der Waals surface area (Å²) in [5.41, 5.74) is 0.258. The molecule has 0 aliphatic carbocycles. The highest BCUT2D eigenvalue weighted by molar-refractivity contribution is 6.30. The van der Waals surface area contributed by atoms with Crippen LogP contribution < -0.4 is 4.74 Å². The number of benzene rings is 1. The third-order valence-electron chi connectivity index (χ3n) is 2.53. The number of hydrogen-bond acceptors (Lipinski definition) is 4. The van der Waals surface area contributed by atoms with Crippen molar-refractivity contribution in [1.29, 1.82) is 0 Å². The molecule has 1 heterocycles. The van der Waals surface area contributed by atoms with E-state index in [0.717, 1.165) is 0 Å². The van der Waals surface area contributed by atoms with Gasteiger partial charge < -0.3 is 9.84 Å². The van der Waals surface area contributed by atoms with Crippen molar-refractivity contribution in [3.8, 4) is 5.75 Å². The van der Waals surface area contributed by atoms with E-state index in [0.29, 0.717) is 23.0 Å². The molecule has 2 aromatic rings. The second kappa shape index (κ2) is 6.21. The Morgan fingerprint density at radius 1 is 1.45 bits per heavy atom. The van der Waals surface area contributed by atoms with Crippen LogP contribution in [0, 0.1) is 0 Å². The summed E-state index contributed by atoms with van der Waals surface area (Å²) in [6.45, 7) is 3.99. The van der Waals surface area contributed by atoms with Gasteiger partial charge in [0, 0.05) is 5.02 Å². The van der Waals surface area contributed by atoms with Crippen LogP contribution in [0.2, 0.25) is 5.02 Å². The van der Waals surface area contributed by atoms with Crippen molar-refractivity contribution in [2.45, 2.75) is 13.2 Å². The van der Waals surface area contributed by atoms with Crippen molar-refractivity contribution >= 4 is 17.6 Å². The number of aromatic nitrogens is 3. The predicted octanol–water partition coefficient (Wildman–Crippen LogP) is 2.39. The van der Waals surface area contributed by atoms with E-state index in [9.17, 15) is 4.79 Å². The van der Waals surface area contributed by atoms with Crippen LogP contribution in [0.3, 0.4) is 0 Å². The molecule has 1 aromatic carbocycles. The largest absolute Gasteiger partial charge is 0.487 e. The lowest BCUT2D eigenvalue weighted by molar-refractivity contribution is 0.0687. The van der Waals surface area contributed by atoms with Gasteiger partial charge in [0.05, 0.1) is 6.54 Å². The number of allylic oxidation sites excluding steroid dienone is 1. The molecule has 1 aromatic heterocycles. The molecule has 0 atom stereocenters. The number of carboxylic acid groups (broad SMARTS) is 1. The molecule has 6 nitrogen and oxygen atoms in total. The zero-order valence-electron chi connectivity index (χ0n) is 10.5. The van der Waals surface area contributed by atoms with Gasteiger partial charge in [-0.1, -0.05) is 22.9 Å². The van der Waals surface area contributed by atoms with E-state index in [1.54, 1.807) is 30.3 Å². The minimum Gasteiger partial charge on any atom is -0.487 e. The van der Waals surface area contributed by atoms with Crippen LogP contribution in [0.1, 0.15) is 16.2 Å². The Labute approximate surface area is 120 Å². The second-order valence-corrected chi connectivity index (χ2v) is 4.34. The van der Waals surface area contributed by atoms with Crippen LogP contribution in [-0.4, -0.2) is 26.1 Å². The standard InChI is InChI=1S/C13H12ClN3O3/c1-2-7-17-11(12(13(18)19)15-16-17)8-20-10-5-3-9(14)4-6-10/h2-6H,1,7-8H2,(H,18,19). The molecule has 0 saturated heterocycles. The maximum Gasteiger partial charge on any atom is 0.358 e. The summed E-state index contributed by atoms with van der Waals surface area (Å²) >= 11 is 5.78. The van der Waals surface area contributed by atoms with Gasteiger partial charge >= 0.3 is 5.97 Å². The first-order valence-electron chi connectivity index (χ1n) is 5.76. The molecule has 20 heavy (non-hydrogen) atoms. The zero-order valence-corrected chi connectivity index (χ0v) is 11.2. The summed E-state index contributed by atoms with van der Waals surface area (Å²) in [5, 5.41) is 17.1. The van der Waals surface area contributed by atoms with Crippen LogP contribution in [-0.2, 0) is 13.2 Å². The molecule has 1 N–H and O–H groups in total. The number of halogens is 1. The highest BCUT2D eigenvalue weighted by atomic mass is 35.5. The van der Waals surface area contributed by atoms with Gasteiger partial charge in [0.2, 0.25) is 0 Å². The Morgan fingerprint density at radius 2 is 2.15 bits per heavy atom. The Morgan fingerprint density at radius 3 is 2.75 bits per heavy atom. The molecule has 0 saturated carbocycles. The normalized spacial score (nSPS) is 10.2. The Kier molecular flexibility index (Phi) is 4.37. The van der Waals surface area contributed by atoms with Crippen LogP contribution in [0.5, 0.6) is 5.75 Å². The van der Waals surface area contributed by atoms with Gasteiger partial charge in [-0.25, -0.2) is 9.48 Å². The highest BCUT2D eigenvalue weighted by Crippen LogP contribution is 2.17. The first-order valence-corrected chi connectivity index (χ1v) is 6.14. The summed E-state index contributed by atoms with van der Waals surface area (Å²) in [5.74, 6) is -0.563. The summed E-state index contributed by atoms with van der Waals surface area (Å²) in [7, 11) is 0. The average Bonchev–Trinajstić information content (AvgIpc) is 2.82. The van der Waals surface area contributed by atoms with Crippen LogP contribution in [0.4, 0.5) is 0 Å². The van der Waals surface area contributed by atoms with Gasteiger partial charge in [-0.3, -0.25) is 0 Å². The molecular weight excluding hydrogens is 282 g/mol. The molecule has 0 spiro atoms. The van der Waals surface area contributed by atoms with E-state index >= 15 is 0 Å². The lowest BCUT2D eigenvalue weighted by Crippen LogP contribution is -2.10. The van der Waals surface area contributed by atoms with Gasteiger partial charge in [-0.15, -0.1) is 11.7 Å². The topological polar surface area (TPSA) is 77.2 Å². The van der Waals surface area contributed by atoms with Crippen molar-refractivity contribution in [3.63, 3.8) is 0 Å². The zero-order chi connectivity index (χ0) is 14.5. The smallest absolute Gasteiger partial charge is 0.358 e. The van der Waals surface area contributed by atoms with Crippen LogP contribution in [0.25, 0.3) is 0 Å². The lowest BCUT2D eigenvalue weighted by Gasteiger charge is -2.08. The number of hydrogen-bond donors (Lipinski definition) is 1. The fourth-order valence-electron chi connectivity index (χ4n) is 1.59. The van der Waals surface area contributed by atoms with E-state index in [1.165, 1.54) is 4.68 Å². The quantitative estimate of drug-likeness (QED) is 0.828. The summed E-state index contributed by atoms with van der Waals surface area (Å²) < 4.78 is 6.96. The fourth-order valence-corrected chi connectivity index (χ4v) is 1.72. The molecule has 0 bridgehead atoms. The predicted molar refractivity (Wildman–Crippen MR) is 73.0 cm³/mol. The Balaban J connectivity index is 2.18. The monoisotopic (exact) mass is 293 g/mol. The number of nitrogens with zero attached hydrogens (tertiary/aromatic N) is 3. The molecule has 7 heteroatoms. The maximum atomic E-state index is 11.1. The molecule has 0 radical (unpaired) electrons. The van der Waals surface area contributed by atoms with Gasteiger partial charge in [-0.2, -0.15) is 0 Å². The second-order valence-electron chi connectivity index (χ2n) is 3.90. The number of carboxylic acids is 1. The Bertz CT molecular complexity index is 622. The number of carbonyl (C=O) groups is 1. The number of aromatic carboxylic acids is 1. The molecule has 104 valence electrons. The fraction of sp³-hybridized carbons (Fsp3) is 0.154. The van der Waals surface area contributed by atoms with E-state index in [-0.39, 0.29) is 12.3 Å². The van der Waals surface area contributed by atoms with Gasteiger partial charge in [0.1, 0.15) is 18.1 Å². The molecule has 0 amide bonds. The summed E-state index contributed by atoms with van der Waals surface area (Å²) in [4.78, 5) is 11.1. The maximum absolute atomic E-state index is 11.1. The van der Waals surface area contributed by atoms with Crippen LogP contribution >= 0.6 is 11.6 Å². The minimum atomic E-state index is -1.14. The summed E-state index contributed by atoms with van der Waals surface area (Å²) in [6, 6.07) is 6.78. The molecular formula is C13H12ClN3O3. The molecule has 0 aliphatic heterocycles. The van der Waals surface area contributed by atoms with Crippen molar-refractivity contribution in [2.75, 3.05) is 0 Å². The van der Waals surface area contributed by atoms with Gasteiger partial charge in [0.25, 0.3) is 0 Å². The van der Waals surface area contributed by atoms with Crippen LogP contribution in [0.15, 0.2) is 36.9 Å². The number of ether oxygens (including phenoxy) is 1. The van der Waals surface area contributed by atoms with Gasteiger partial charge in [0.15, 0.2) is 5.69 Å². The van der Waals surface area contributed by atoms with Gasteiger partial charge in [-0.05, 0) is 24.3 Å². The van der Waals surface area contributed by atoms with Crippen molar-refractivity contribution in [1.82, 2.24) is 15.0 Å². The Hall–Kier alpha value is -2.34.